The van der Waals surface area contributed by atoms with Crippen molar-refractivity contribution in [1.29, 1.82) is 0 Å². The zero-order valence-electron chi connectivity index (χ0n) is 9.64. The van der Waals surface area contributed by atoms with Crippen LogP contribution in [0.3, 0.4) is 0 Å². The van der Waals surface area contributed by atoms with E-state index in [0.29, 0.717) is 11.6 Å². The van der Waals surface area contributed by atoms with Gasteiger partial charge in [0.1, 0.15) is 0 Å². The summed E-state index contributed by atoms with van der Waals surface area (Å²) in [5.41, 5.74) is 6.63. The molecule has 3 atom stereocenters. The Morgan fingerprint density at radius 2 is 2.12 bits per heavy atom. The third-order valence-electron chi connectivity index (χ3n) is 3.42. The summed E-state index contributed by atoms with van der Waals surface area (Å²) < 4.78 is 23.8. The van der Waals surface area contributed by atoms with Crippen LogP contribution in [0.4, 0.5) is 0 Å². The predicted molar refractivity (Wildman–Crippen MR) is 70.0 cm³/mol. The van der Waals surface area contributed by atoms with Gasteiger partial charge in [0.15, 0.2) is 9.84 Å². The molecule has 1 aliphatic carbocycles. The monoisotopic (exact) mass is 273 g/mol. The molecular weight excluding hydrogens is 258 g/mol. The molecule has 0 amide bonds. The summed E-state index contributed by atoms with van der Waals surface area (Å²) in [6, 6.07) is 7.39. The zero-order chi connectivity index (χ0) is 12.6. The fourth-order valence-electron chi connectivity index (χ4n) is 2.46. The highest BCUT2D eigenvalue weighted by Gasteiger charge is 2.56. The molecule has 1 aromatic rings. The van der Waals surface area contributed by atoms with Crippen LogP contribution in [-0.4, -0.2) is 26.0 Å². The lowest BCUT2D eigenvalue weighted by molar-refractivity contribution is 0.593. The van der Waals surface area contributed by atoms with Gasteiger partial charge in [0.25, 0.3) is 0 Å². The molecule has 17 heavy (non-hydrogen) atoms. The molecule has 3 nitrogen and oxygen atoms in total. The maximum Gasteiger partial charge on any atom is 0.153 e. The maximum absolute atomic E-state index is 11.9. The Bertz CT molecular complexity index is 515. The second-order valence-electron chi connectivity index (χ2n) is 4.40. The predicted octanol–water partition coefficient (Wildman–Crippen LogP) is 1.82. The van der Waals surface area contributed by atoms with Gasteiger partial charge in [-0.05, 0) is 30.2 Å². The van der Waals surface area contributed by atoms with Crippen molar-refractivity contribution in [1.82, 2.24) is 0 Å². The number of rotatable bonds is 4. The minimum absolute atomic E-state index is 0.0173. The van der Waals surface area contributed by atoms with Gasteiger partial charge in [0.05, 0.1) is 5.25 Å². The van der Waals surface area contributed by atoms with Crippen molar-refractivity contribution in [2.45, 2.75) is 18.1 Å². The smallest absolute Gasteiger partial charge is 0.153 e. The van der Waals surface area contributed by atoms with Crippen molar-refractivity contribution < 1.29 is 8.42 Å². The van der Waals surface area contributed by atoms with Crippen molar-refractivity contribution in [2.24, 2.45) is 11.7 Å². The average Bonchev–Trinajstić information content (AvgIpc) is 3.04. The van der Waals surface area contributed by atoms with Crippen LogP contribution in [0.1, 0.15) is 18.4 Å². The molecule has 0 radical (unpaired) electrons. The molecule has 1 fully saturated rings. The van der Waals surface area contributed by atoms with E-state index in [1.54, 1.807) is 13.0 Å². The van der Waals surface area contributed by atoms with Gasteiger partial charge < -0.3 is 5.73 Å². The van der Waals surface area contributed by atoms with Crippen molar-refractivity contribution in [2.75, 3.05) is 12.3 Å². The van der Waals surface area contributed by atoms with E-state index < -0.39 is 9.84 Å². The molecule has 0 aliphatic heterocycles. The van der Waals surface area contributed by atoms with Gasteiger partial charge in [-0.2, -0.15) is 0 Å². The fraction of sp³-hybridized carbons (Fsp3) is 0.500. The van der Waals surface area contributed by atoms with Gasteiger partial charge in [-0.25, -0.2) is 8.42 Å². The lowest BCUT2D eigenvalue weighted by atomic mass is 10.1. The summed E-state index contributed by atoms with van der Waals surface area (Å²) in [5, 5.41) is 0.314. The third-order valence-corrected chi connectivity index (χ3v) is 5.93. The number of hydrogen-bond acceptors (Lipinski definition) is 3. The average molecular weight is 274 g/mol. The lowest BCUT2D eigenvalue weighted by Gasteiger charge is -2.01. The van der Waals surface area contributed by atoms with Gasteiger partial charge in [-0.1, -0.05) is 30.7 Å². The molecule has 0 bridgehead atoms. The highest BCUT2D eigenvalue weighted by Crippen LogP contribution is 2.52. The summed E-state index contributed by atoms with van der Waals surface area (Å²) in [5.74, 6) is 0.229. The zero-order valence-corrected chi connectivity index (χ0v) is 11.2. The Kier molecular flexibility index (Phi) is 3.48. The van der Waals surface area contributed by atoms with Gasteiger partial charge in [-0.3, -0.25) is 0 Å². The minimum atomic E-state index is -3.02. The molecule has 1 saturated carbocycles. The second kappa shape index (κ2) is 4.59. The summed E-state index contributed by atoms with van der Waals surface area (Å²) in [7, 11) is -3.02. The van der Waals surface area contributed by atoms with Crippen molar-refractivity contribution in [3.05, 3.63) is 34.9 Å². The van der Waals surface area contributed by atoms with E-state index in [0.717, 1.165) is 5.56 Å². The number of hydrogen-bond donors (Lipinski definition) is 1. The quantitative estimate of drug-likeness (QED) is 0.910. The Hall–Kier alpha value is -0.580. The number of nitrogens with two attached hydrogens (primary N) is 1. The summed E-state index contributed by atoms with van der Waals surface area (Å²) >= 11 is 5.92. The van der Waals surface area contributed by atoms with Gasteiger partial charge in [-0.15, -0.1) is 0 Å². The van der Waals surface area contributed by atoms with Crippen molar-refractivity contribution in [3.8, 4) is 0 Å². The Morgan fingerprint density at radius 1 is 1.41 bits per heavy atom. The van der Waals surface area contributed by atoms with Crippen molar-refractivity contribution in [3.63, 3.8) is 0 Å². The molecule has 5 heteroatoms. The molecule has 0 spiro atoms. The van der Waals surface area contributed by atoms with E-state index in [1.807, 2.05) is 18.2 Å². The summed E-state index contributed by atoms with van der Waals surface area (Å²) in [4.78, 5) is 0. The molecule has 0 heterocycles. The number of sulfone groups is 1. The highest BCUT2D eigenvalue weighted by molar-refractivity contribution is 7.92. The molecule has 0 aromatic heterocycles. The number of benzene rings is 1. The van der Waals surface area contributed by atoms with Crippen LogP contribution >= 0.6 is 11.6 Å². The molecule has 2 rings (SSSR count). The molecule has 0 unspecified atom stereocenters. The molecule has 1 aromatic carbocycles. The summed E-state index contributed by atoms with van der Waals surface area (Å²) in [6.07, 6.45) is 0. The maximum atomic E-state index is 11.9. The lowest BCUT2D eigenvalue weighted by Crippen LogP contribution is -2.15. The van der Waals surface area contributed by atoms with Crippen LogP contribution in [0.15, 0.2) is 24.3 Å². The minimum Gasteiger partial charge on any atom is -0.330 e. The van der Waals surface area contributed by atoms with Crippen LogP contribution < -0.4 is 5.73 Å². The molecule has 0 saturated heterocycles. The molecular formula is C12H16ClNO2S. The van der Waals surface area contributed by atoms with Gasteiger partial charge in [0.2, 0.25) is 0 Å². The van der Waals surface area contributed by atoms with E-state index >= 15 is 0 Å². The van der Waals surface area contributed by atoms with Crippen molar-refractivity contribution >= 4 is 21.4 Å². The van der Waals surface area contributed by atoms with Crippen LogP contribution in [0.25, 0.3) is 0 Å². The first-order chi connectivity index (χ1) is 8.01. The molecule has 1 aliphatic rings. The van der Waals surface area contributed by atoms with E-state index in [4.69, 9.17) is 17.3 Å². The Morgan fingerprint density at radius 3 is 2.65 bits per heavy atom. The van der Waals surface area contributed by atoms with Crippen LogP contribution in [0.2, 0.25) is 5.02 Å². The first-order valence-corrected chi connectivity index (χ1v) is 7.77. The summed E-state index contributed by atoms with van der Waals surface area (Å²) in [6.45, 7) is 2.08. The largest absolute Gasteiger partial charge is 0.330 e. The first kappa shape index (κ1) is 12.9. The normalized spacial score (nSPS) is 28.1. The number of halogens is 1. The first-order valence-electron chi connectivity index (χ1n) is 5.68. The topological polar surface area (TPSA) is 60.2 Å². The molecule has 2 N–H and O–H groups in total. The third kappa shape index (κ3) is 2.34. The molecule has 94 valence electrons. The van der Waals surface area contributed by atoms with Crippen LogP contribution in [0.5, 0.6) is 0 Å². The Labute approximate surface area is 107 Å². The van der Waals surface area contributed by atoms with E-state index in [1.165, 1.54) is 0 Å². The SMILES string of the molecule is CCS(=O)(=O)[C@@H]1[C@H](CN)[C@@H]1c1cccc(Cl)c1. The van der Waals surface area contributed by atoms with Crippen LogP contribution in [0, 0.1) is 5.92 Å². The second-order valence-corrected chi connectivity index (χ2v) is 7.28. The van der Waals surface area contributed by atoms with Crippen LogP contribution in [-0.2, 0) is 9.84 Å². The van der Waals surface area contributed by atoms with Gasteiger partial charge >= 0.3 is 0 Å². The Balaban J connectivity index is 2.29. The standard InChI is InChI=1S/C12H16ClNO2S/c1-2-17(15,16)12-10(7-14)11(12)8-4-3-5-9(13)6-8/h3-6,10-12H,2,7,14H2,1H3/t10-,11+,12-/m1/s1. The van der Waals surface area contributed by atoms with E-state index in [2.05, 4.69) is 0 Å². The highest BCUT2D eigenvalue weighted by atomic mass is 35.5. The fourth-order valence-corrected chi connectivity index (χ4v) is 4.57. The van der Waals surface area contributed by atoms with Gasteiger partial charge in [0, 0.05) is 16.7 Å². The van der Waals surface area contributed by atoms with E-state index in [-0.39, 0.29) is 22.8 Å². The van der Waals surface area contributed by atoms with E-state index in [9.17, 15) is 8.42 Å².